The first-order valence-corrected chi connectivity index (χ1v) is 4.55. The van der Waals surface area contributed by atoms with E-state index in [9.17, 15) is 0 Å². The van der Waals surface area contributed by atoms with Crippen LogP contribution in [-0.4, -0.2) is 4.98 Å². The summed E-state index contributed by atoms with van der Waals surface area (Å²) in [6.45, 7) is 0. The minimum atomic E-state index is 0.491. The Labute approximate surface area is 85.9 Å². The highest BCUT2D eigenvalue weighted by atomic mass is 16.3. The molecule has 0 saturated carbocycles. The maximum Gasteiger partial charge on any atom is 0.161 e. The van der Waals surface area contributed by atoms with Gasteiger partial charge in [0.1, 0.15) is 18.0 Å². The molecule has 0 aliphatic carbocycles. The van der Waals surface area contributed by atoms with Gasteiger partial charge in [-0.3, -0.25) is 0 Å². The van der Waals surface area contributed by atoms with Crippen molar-refractivity contribution in [1.82, 2.24) is 4.98 Å². The quantitative estimate of drug-likeness (QED) is 0.552. The molecule has 0 unspecified atom stereocenters. The lowest BCUT2D eigenvalue weighted by molar-refractivity contribution is 0.567. The van der Waals surface area contributed by atoms with Gasteiger partial charge >= 0.3 is 0 Å². The molecule has 0 amide bonds. The first kappa shape index (κ1) is 8.01. The highest BCUT2D eigenvalue weighted by Gasteiger charge is 2.13. The maximum atomic E-state index is 8.73. The average molecular weight is 194 g/mol. The number of nitrogens with zero attached hydrogens (tertiary/aromatic N) is 2. The number of fused-ring (bicyclic) bond motifs is 3. The molecule has 0 spiro atoms. The van der Waals surface area contributed by atoms with Crippen LogP contribution in [-0.2, 0) is 0 Å². The van der Waals surface area contributed by atoms with Gasteiger partial charge in [0.25, 0.3) is 0 Å². The van der Waals surface area contributed by atoms with Crippen LogP contribution in [0.5, 0.6) is 0 Å². The predicted octanol–water partition coefficient (Wildman–Crippen LogP) is 2.80. The van der Waals surface area contributed by atoms with E-state index in [1.807, 2.05) is 30.3 Å². The van der Waals surface area contributed by atoms with Crippen LogP contribution in [0.2, 0.25) is 0 Å². The number of hydrogen-bond acceptors (Lipinski definition) is 3. The zero-order valence-electron chi connectivity index (χ0n) is 7.77. The lowest BCUT2D eigenvalue weighted by atomic mass is 10.2. The van der Waals surface area contributed by atoms with Gasteiger partial charge in [-0.25, -0.2) is 4.98 Å². The summed E-state index contributed by atoms with van der Waals surface area (Å²) in [5, 5.41) is 9.72. The minimum Gasteiger partial charge on any atom is -0.461 e. The highest BCUT2D eigenvalue weighted by Crippen LogP contribution is 2.31. The van der Waals surface area contributed by atoms with E-state index in [4.69, 9.17) is 9.68 Å². The summed E-state index contributed by atoms with van der Waals surface area (Å²) in [6.07, 6.45) is 1.45. The van der Waals surface area contributed by atoms with E-state index in [1.165, 1.54) is 6.26 Å². The van der Waals surface area contributed by atoms with E-state index >= 15 is 0 Å². The largest absolute Gasteiger partial charge is 0.461 e. The fraction of sp³-hybridized carbons (Fsp3) is 0. The van der Waals surface area contributed by atoms with E-state index in [1.54, 1.807) is 6.07 Å². The lowest BCUT2D eigenvalue weighted by Crippen LogP contribution is -1.79. The molecule has 2 aliphatic heterocycles. The van der Waals surface area contributed by atoms with Crippen LogP contribution in [0, 0.1) is 11.3 Å². The van der Waals surface area contributed by atoms with Gasteiger partial charge in [0.15, 0.2) is 5.76 Å². The lowest BCUT2D eigenvalue weighted by Gasteiger charge is -1.95. The molecular formula is C12H6N2O. The van der Waals surface area contributed by atoms with Crippen molar-refractivity contribution in [1.29, 1.82) is 5.26 Å². The molecule has 2 heterocycles. The molecular weight excluding hydrogens is 188 g/mol. The van der Waals surface area contributed by atoms with Gasteiger partial charge in [0.05, 0.1) is 11.1 Å². The topological polar surface area (TPSA) is 49.8 Å². The van der Waals surface area contributed by atoms with Gasteiger partial charge in [-0.15, -0.1) is 0 Å². The van der Waals surface area contributed by atoms with E-state index in [-0.39, 0.29) is 0 Å². The first-order valence-electron chi connectivity index (χ1n) is 4.55. The van der Waals surface area contributed by atoms with Crippen molar-refractivity contribution in [2.24, 2.45) is 0 Å². The standard InChI is InChI=1S/C12H6N2O/c13-6-8-5-11-12(15-7-8)9-3-1-2-4-10(9)14-11/h1-5,7H. The monoisotopic (exact) mass is 194 g/mol. The van der Waals surface area contributed by atoms with E-state index < -0.39 is 0 Å². The van der Waals surface area contributed by atoms with Crippen molar-refractivity contribution >= 4 is 10.9 Å². The summed E-state index contributed by atoms with van der Waals surface area (Å²) in [5.74, 6) is 0.740. The third kappa shape index (κ3) is 1.09. The zero-order valence-corrected chi connectivity index (χ0v) is 7.77. The van der Waals surface area contributed by atoms with Crippen molar-refractivity contribution in [2.45, 2.75) is 0 Å². The van der Waals surface area contributed by atoms with Crippen molar-refractivity contribution in [3.05, 3.63) is 42.2 Å². The summed E-state index contributed by atoms with van der Waals surface area (Å²) in [7, 11) is 0. The van der Waals surface area contributed by atoms with E-state index in [0.29, 0.717) is 5.56 Å². The smallest absolute Gasteiger partial charge is 0.161 e. The van der Waals surface area contributed by atoms with Crippen molar-refractivity contribution in [2.75, 3.05) is 0 Å². The van der Waals surface area contributed by atoms with Crippen LogP contribution in [0.15, 0.2) is 41.0 Å². The van der Waals surface area contributed by atoms with Gasteiger partial charge < -0.3 is 4.42 Å². The third-order valence-electron chi connectivity index (χ3n) is 2.35. The Morgan fingerprint density at radius 3 is 3.00 bits per heavy atom. The Bertz CT molecular complexity index is 648. The molecule has 0 bridgehead atoms. The molecule has 3 nitrogen and oxygen atoms in total. The molecule has 0 radical (unpaired) electrons. The Morgan fingerprint density at radius 1 is 1.27 bits per heavy atom. The fourth-order valence-electron chi connectivity index (χ4n) is 1.67. The van der Waals surface area contributed by atoms with Gasteiger partial charge in [-0.1, -0.05) is 12.1 Å². The molecule has 0 N–H and O–H groups in total. The second-order valence-electron chi connectivity index (χ2n) is 3.29. The van der Waals surface area contributed by atoms with Gasteiger partial charge in [0.2, 0.25) is 0 Å². The van der Waals surface area contributed by atoms with Crippen LogP contribution in [0.4, 0.5) is 0 Å². The molecule has 2 aliphatic rings. The van der Waals surface area contributed by atoms with Gasteiger partial charge in [-0.2, -0.15) is 5.26 Å². The summed E-state index contributed by atoms with van der Waals surface area (Å²) >= 11 is 0. The van der Waals surface area contributed by atoms with Gasteiger partial charge in [-0.05, 0) is 18.2 Å². The summed E-state index contributed by atoms with van der Waals surface area (Å²) in [6, 6.07) is 11.5. The molecule has 1 aromatic carbocycles. The zero-order chi connectivity index (χ0) is 10.3. The average Bonchev–Trinajstić information content (AvgIpc) is 2.66. The Kier molecular flexibility index (Phi) is 1.51. The molecule has 0 fully saturated rings. The second-order valence-corrected chi connectivity index (χ2v) is 3.29. The number of benzene rings is 1. The molecule has 3 heteroatoms. The van der Waals surface area contributed by atoms with Crippen LogP contribution in [0.1, 0.15) is 5.56 Å². The minimum absolute atomic E-state index is 0.491. The molecule has 3 rings (SSSR count). The van der Waals surface area contributed by atoms with Crippen LogP contribution in [0.25, 0.3) is 22.4 Å². The molecule has 70 valence electrons. The molecule has 15 heavy (non-hydrogen) atoms. The van der Waals surface area contributed by atoms with Crippen LogP contribution < -0.4 is 0 Å². The Balaban J connectivity index is 2.45. The summed E-state index contributed by atoms with van der Waals surface area (Å²) < 4.78 is 5.40. The number of hydrogen-bond donors (Lipinski definition) is 0. The second kappa shape index (κ2) is 2.82. The SMILES string of the molecule is N#Cc1coc2c3ccccc3nc-2c1. The molecule has 0 atom stereocenters. The highest BCUT2D eigenvalue weighted by molar-refractivity contribution is 5.94. The fourth-order valence-corrected chi connectivity index (χ4v) is 1.67. The Hall–Kier alpha value is -2.34. The first-order chi connectivity index (χ1) is 7.38. The number of nitriles is 1. The van der Waals surface area contributed by atoms with Crippen LogP contribution in [0.3, 0.4) is 0 Å². The maximum absolute atomic E-state index is 8.73. The van der Waals surface area contributed by atoms with E-state index in [2.05, 4.69) is 4.98 Å². The molecule has 0 saturated heterocycles. The van der Waals surface area contributed by atoms with Crippen molar-refractivity contribution < 1.29 is 4.42 Å². The van der Waals surface area contributed by atoms with Crippen molar-refractivity contribution in [3.8, 4) is 17.5 Å². The summed E-state index contributed by atoms with van der Waals surface area (Å²) in [5.41, 5.74) is 2.12. The number of rotatable bonds is 0. The number of para-hydroxylation sites is 1. The van der Waals surface area contributed by atoms with E-state index in [0.717, 1.165) is 22.4 Å². The molecule has 1 aromatic rings. The Morgan fingerprint density at radius 2 is 2.13 bits per heavy atom. The third-order valence-corrected chi connectivity index (χ3v) is 2.35. The van der Waals surface area contributed by atoms with Crippen LogP contribution >= 0.6 is 0 Å². The number of aromatic nitrogens is 1. The summed E-state index contributed by atoms with van der Waals surface area (Å²) in [4.78, 5) is 4.38. The predicted molar refractivity (Wildman–Crippen MR) is 55.3 cm³/mol. The molecule has 0 aromatic heterocycles. The van der Waals surface area contributed by atoms with Gasteiger partial charge in [0, 0.05) is 5.39 Å². The normalized spacial score (nSPS) is 10.6. The van der Waals surface area contributed by atoms with Crippen molar-refractivity contribution in [3.63, 3.8) is 0 Å².